The molecular formula is C13H24N2O2S. The zero-order chi connectivity index (χ0) is 13.8. The van der Waals surface area contributed by atoms with Crippen molar-refractivity contribution < 1.29 is 9.59 Å². The molecule has 4 nitrogen and oxygen atoms in total. The Hall–Kier alpha value is -0.710. The van der Waals surface area contributed by atoms with E-state index in [4.69, 9.17) is 0 Å². The van der Waals surface area contributed by atoms with Crippen molar-refractivity contribution in [3.05, 3.63) is 0 Å². The van der Waals surface area contributed by atoms with E-state index < -0.39 is 5.54 Å². The van der Waals surface area contributed by atoms with Crippen molar-refractivity contribution in [3.63, 3.8) is 0 Å². The van der Waals surface area contributed by atoms with Gasteiger partial charge in [0.05, 0.1) is 0 Å². The van der Waals surface area contributed by atoms with Gasteiger partial charge in [0.1, 0.15) is 11.6 Å². The van der Waals surface area contributed by atoms with Crippen LogP contribution in [0.4, 0.5) is 0 Å². The minimum Gasteiger partial charge on any atom is -0.340 e. The molecule has 1 unspecified atom stereocenters. The lowest BCUT2D eigenvalue weighted by atomic mass is 9.95. The number of carbonyl (C=O) groups excluding carboxylic acids is 2. The van der Waals surface area contributed by atoms with Crippen LogP contribution < -0.4 is 5.32 Å². The second kappa shape index (κ2) is 6.45. The summed E-state index contributed by atoms with van der Waals surface area (Å²) in [5.74, 6) is 2.15. The number of hydrogen-bond acceptors (Lipinski definition) is 3. The third kappa shape index (κ3) is 3.40. The molecule has 1 atom stereocenters. The quantitative estimate of drug-likeness (QED) is 0.748. The normalized spacial score (nSPS) is 23.1. The molecule has 0 aromatic rings. The van der Waals surface area contributed by atoms with Gasteiger partial charge >= 0.3 is 0 Å². The fraction of sp³-hybridized carbons (Fsp3) is 0.846. The fourth-order valence-electron chi connectivity index (χ4n) is 2.23. The third-order valence-corrected chi connectivity index (χ3v) is 4.17. The van der Waals surface area contributed by atoms with Gasteiger partial charge in [-0.3, -0.25) is 9.59 Å². The highest BCUT2D eigenvalue weighted by Gasteiger charge is 2.43. The van der Waals surface area contributed by atoms with Gasteiger partial charge in [-0.05, 0) is 38.2 Å². The molecule has 0 saturated carbocycles. The Morgan fingerprint density at radius 1 is 1.33 bits per heavy atom. The zero-order valence-electron chi connectivity index (χ0n) is 11.8. The first-order valence-electron chi connectivity index (χ1n) is 6.64. The number of nitrogens with one attached hydrogen (secondary N) is 1. The average Bonchev–Trinajstić information content (AvgIpc) is 2.30. The first-order valence-corrected chi connectivity index (χ1v) is 7.80. The Bertz CT molecular complexity index is 318. The minimum atomic E-state index is -0.763. The van der Waals surface area contributed by atoms with Gasteiger partial charge in [0.15, 0.2) is 0 Å². The molecule has 1 N–H and O–H groups in total. The lowest BCUT2D eigenvalue weighted by molar-refractivity contribution is -0.153. The predicted octanol–water partition coefficient (Wildman–Crippen LogP) is 1.65. The van der Waals surface area contributed by atoms with E-state index in [2.05, 4.69) is 12.2 Å². The summed E-state index contributed by atoms with van der Waals surface area (Å²) >= 11 is 1.87. The highest BCUT2D eigenvalue weighted by atomic mass is 32.2. The predicted molar refractivity (Wildman–Crippen MR) is 75.6 cm³/mol. The first-order chi connectivity index (χ1) is 8.44. The van der Waals surface area contributed by atoms with Crippen LogP contribution in [0.2, 0.25) is 0 Å². The summed E-state index contributed by atoms with van der Waals surface area (Å²) in [7, 11) is 0. The topological polar surface area (TPSA) is 49.4 Å². The van der Waals surface area contributed by atoms with Crippen molar-refractivity contribution >= 4 is 23.6 Å². The monoisotopic (exact) mass is 272 g/mol. The smallest absolute Gasteiger partial charge is 0.248 e. The summed E-state index contributed by atoms with van der Waals surface area (Å²) in [6.07, 6.45) is 1.62. The Labute approximate surface area is 114 Å². The number of hydrogen-bond donors (Lipinski definition) is 1. The molecule has 2 amide bonds. The van der Waals surface area contributed by atoms with Crippen LogP contribution in [0.15, 0.2) is 0 Å². The van der Waals surface area contributed by atoms with Gasteiger partial charge < -0.3 is 10.2 Å². The molecule has 0 bridgehead atoms. The van der Waals surface area contributed by atoms with Gasteiger partial charge in [0.2, 0.25) is 11.8 Å². The molecular weight excluding hydrogens is 248 g/mol. The van der Waals surface area contributed by atoms with Crippen LogP contribution in [0.3, 0.4) is 0 Å². The highest BCUT2D eigenvalue weighted by molar-refractivity contribution is 7.99. The van der Waals surface area contributed by atoms with E-state index in [0.29, 0.717) is 13.0 Å². The van der Waals surface area contributed by atoms with Crippen LogP contribution in [-0.4, -0.2) is 46.3 Å². The third-order valence-electron chi connectivity index (χ3n) is 3.19. The standard InChI is InChI=1S/C13H24N2O2S/c1-5-10-11(16)14-13(3,4)12(17)15(10)8-7-9-18-6-2/h10H,5-9H2,1-4H3,(H,14,16). The summed E-state index contributed by atoms with van der Waals surface area (Å²) in [6, 6.07) is -0.294. The number of nitrogens with zero attached hydrogens (tertiary/aromatic N) is 1. The lowest BCUT2D eigenvalue weighted by Crippen LogP contribution is -2.68. The molecule has 0 aromatic heterocycles. The van der Waals surface area contributed by atoms with Crippen LogP contribution in [0, 0.1) is 0 Å². The van der Waals surface area contributed by atoms with Crippen LogP contribution >= 0.6 is 11.8 Å². The molecule has 1 saturated heterocycles. The van der Waals surface area contributed by atoms with E-state index in [-0.39, 0.29) is 17.9 Å². The van der Waals surface area contributed by atoms with E-state index in [1.807, 2.05) is 18.7 Å². The van der Waals surface area contributed by atoms with Crippen molar-refractivity contribution in [1.82, 2.24) is 10.2 Å². The highest BCUT2D eigenvalue weighted by Crippen LogP contribution is 2.20. The Morgan fingerprint density at radius 3 is 2.56 bits per heavy atom. The average molecular weight is 272 g/mol. The maximum absolute atomic E-state index is 12.3. The molecule has 5 heteroatoms. The largest absolute Gasteiger partial charge is 0.340 e. The van der Waals surface area contributed by atoms with E-state index >= 15 is 0 Å². The molecule has 1 aliphatic rings. The maximum atomic E-state index is 12.3. The summed E-state index contributed by atoms with van der Waals surface area (Å²) in [5.41, 5.74) is -0.763. The van der Waals surface area contributed by atoms with Gasteiger partial charge in [-0.1, -0.05) is 13.8 Å². The second-order valence-electron chi connectivity index (χ2n) is 5.09. The summed E-state index contributed by atoms with van der Waals surface area (Å²) in [4.78, 5) is 26.1. The Morgan fingerprint density at radius 2 is 2.00 bits per heavy atom. The molecule has 1 rings (SSSR count). The number of rotatable bonds is 6. The molecule has 0 aromatic carbocycles. The molecule has 1 heterocycles. The van der Waals surface area contributed by atoms with E-state index in [1.165, 1.54) is 0 Å². The van der Waals surface area contributed by atoms with Crippen LogP contribution in [0.5, 0.6) is 0 Å². The summed E-state index contributed by atoms with van der Waals surface area (Å²) < 4.78 is 0. The maximum Gasteiger partial charge on any atom is 0.248 e. The van der Waals surface area contributed by atoms with Crippen LogP contribution in [-0.2, 0) is 9.59 Å². The van der Waals surface area contributed by atoms with Crippen LogP contribution in [0.1, 0.15) is 40.5 Å². The number of piperazine rings is 1. The molecule has 1 fully saturated rings. The fourth-order valence-corrected chi connectivity index (χ4v) is 2.85. The number of carbonyl (C=O) groups is 2. The van der Waals surface area contributed by atoms with Crippen molar-refractivity contribution in [2.24, 2.45) is 0 Å². The van der Waals surface area contributed by atoms with Gasteiger partial charge in [-0.25, -0.2) is 0 Å². The molecule has 1 aliphatic heterocycles. The zero-order valence-corrected chi connectivity index (χ0v) is 12.6. The van der Waals surface area contributed by atoms with E-state index in [9.17, 15) is 9.59 Å². The lowest BCUT2D eigenvalue weighted by Gasteiger charge is -2.42. The van der Waals surface area contributed by atoms with Gasteiger partial charge in [0.25, 0.3) is 0 Å². The molecule has 0 aliphatic carbocycles. The van der Waals surface area contributed by atoms with Crippen molar-refractivity contribution in [2.45, 2.75) is 52.1 Å². The SMILES string of the molecule is CCSCCCN1C(=O)C(C)(C)NC(=O)C1CC. The molecule has 104 valence electrons. The first kappa shape index (κ1) is 15.3. The van der Waals surface area contributed by atoms with Gasteiger partial charge in [0, 0.05) is 6.54 Å². The Kier molecular flexibility index (Phi) is 5.50. The van der Waals surface area contributed by atoms with Crippen molar-refractivity contribution in [3.8, 4) is 0 Å². The Balaban J connectivity index is 2.68. The second-order valence-corrected chi connectivity index (χ2v) is 6.48. The van der Waals surface area contributed by atoms with Crippen molar-refractivity contribution in [1.29, 1.82) is 0 Å². The minimum absolute atomic E-state index is 0.0229. The van der Waals surface area contributed by atoms with Crippen LogP contribution in [0.25, 0.3) is 0 Å². The number of thioether (sulfide) groups is 1. The van der Waals surface area contributed by atoms with Gasteiger partial charge in [-0.2, -0.15) is 11.8 Å². The summed E-state index contributed by atoms with van der Waals surface area (Å²) in [5, 5.41) is 2.80. The van der Waals surface area contributed by atoms with Crippen molar-refractivity contribution in [2.75, 3.05) is 18.1 Å². The van der Waals surface area contributed by atoms with Gasteiger partial charge in [-0.15, -0.1) is 0 Å². The summed E-state index contributed by atoms with van der Waals surface area (Å²) in [6.45, 7) is 8.30. The molecule has 18 heavy (non-hydrogen) atoms. The van der Waals surface area contributed by atoms with E-state index in [0.717, 1.165) is 17.9 Å². The molecule has 0 radical (unpaired) electrons. The van der Waals surface area contributed by atoms with E-state index in [1.54, 1.807) is 18.7 Å². The molecule has 0 spiro atoms. The number of amides is 2.